The molecule has 7 heteroatoms. The van der Waals surface area contributed by atoms with E-state index >= 15 is 0 Å². The molecule has 1 aliphatic carbocycles. The number of methoxy groups -OCH3 is 1. The third kappa shape index (κ3) is 3.19. The van der Waals surface area contributed by atoms with Crippen molar-refractivity contribution in [3.8, 4) is 5.75 Å². The van der Waals surface area contributed by atoms with Crippen molar-refractivity contribution in [3.63, 3.8) is 0 Å². The van der Waals surface area contributed by atoms with Crippen LogP contribution in [-0.2, 0) is 15.6 Å². The van der Waals surface area contributed by atoms with Gasteiger partial charge in [0.1, 0.15) is 17.1 Å². The van der Waals surface area contributed by atoms with Crippen molar-refractivity contribution in [2.75, 3.05) is 13.7 Å². The Hall–Kier alpha value is -1.83. The van der Waals surface area contributed by atoms with Gasteiger partial charge in [0, 0.05) is 6.54 Å². The molecule has 3 rings (SSSR count). The van der Waals surface area contributed by atoms with Gasteiger partial charge in [0.15, 0.2) is 0 Å². The minimum atomic E-state index is -3.75. The fourth-order valence-electron chi connectivity index (χ4n) is 2.85. The molecule has 2 N–H and O–H groups in total. The van der Waals surface area contributed by atoms with E-state index in [-0.39, 0.29) is 17.4 Å². The summed E-state index contributed by atoms with van der Waals surface area (Å²) in [4.78, 5) is 0.167. The van der Waals surface area contributed by atoms with Crippen molar-refractivity contribution < 1.29 is 22.7 Å². The zero-order chi connectivity index (χ0) is 17.4. The van der Waals surface area contributed by atoms with E-state index < -0.39 is 15.6 Å². The largest absolute Gasteiger partial charge is 0.497 e. The molecule has 0 radical (unpaired) electrons. The van der Waals surface area contributed by atoms with E-state index in [1.165, 1.54) is 19.4 Å². The summed E-state index contributed by atoms with van der Waals surface area (Å²) in [6.45, 7) is 1.58. The molecule has 2 aromatic rings. The van der Waals surface area contributed by atoms with Gasteiger partial charge in [0.2, 0.25) is 10.0 Å². The summed E-state index contributed by atoms with van der Waals surface area (Å²) in [7, 11) is -2.23. The molecule has 1 atom stereocenters. The first-order valence-electron chi connectivity index (χ1n) is 7.77. The highest BCUT2D eigenvalue weighted by molar-refractivity contribution is 7.89. The van der Waals surface area contributed by atoms with Crippen LogP contribution in [0.5, 0.6) is 5.75 Å². The molecule has 1 aliphatic rings. The maximum atomic E-state index is 12.6. The second-order valence-electron chi connectivity index (χ2n) is 6.13. The quantitative estimate of drug-likeness (QED) is 0.798. The predicted octanol–water partition coefficient (Wildman–Crippen LogP) is 2.17. The highest BCUT2D eigenvalue weighted by atomic mass is 32.2. The fraction of sp³-hybridized carbons (Fsp3) is 0.412. The van der Waals surface area contributed by atoms with E-state index in [1.54, 1.807) is 31.2 Å². The van der Waals surface area contributed by atoms with Crippen molar-refractivity contribution in [2.24, 2.45) is 5.92 Å². The molecule has 1 fully saturated rings. The van der Waals surface area contributed by atoms with Crippen LogP contribution < -0.4 is 9.46 Å². The van der Waals surface area contributed by atoms with Gasteiger partial charge in [-0.3, -0.25) is 0 Å². The van der Waals surface area contributed by atoms with Crippen LogP contribution >= 0.6 is 0 Å². The van der Waals surface area contributed by atoms with Gasteiger partial charge in [-0.1, -0.05) is 0 Å². The highest BCUT2D eigenvalue weighted by Gasteiger charge is 2.47. The Morgan fingerprint density at radius 2 is 2.12 bits per heavy atom. The normalized spacial score (nSPS) is 17.5. The van der Waals surface area contributed by atoms with Crippen LogP contribution in [0.2, 0.25) is 0 Å². The number of benzene rings is 1. The lowest BCUT2D eigenvalue weighted by Gasteiger charge is -2.26. The first-order valence-corrected chi connectivity index (χ1v) is 9.26. The van der Waals surface area contributed by atoms with Crippen LogP contribution in [0, 0.1) is 12.8 Å². The Balaban J connectivity index is 1.82. The first-order chi connectivity index (χ1) is 11.4. The lowest BCUT2D eigenvalue weighted by atomic mass is 9.95. The van der Waals surface area contributed by atoms with E-state index in [4.69, 9.17) is 9.15 Å². The van der Waals surface area contributed by atoms with Crippen molar-refractivity contribution >= 4 is 10.0 Å². The summed E-state index contributed by atoms with van der Waals surface area (Å²) in [5, 5.41) is 10.9. The van der Waals surface area contributed by atoms with E-state index in [0.717, 1.165) is 12.8 Å². The second-order valence-corrected chi connectivity index (χ2v) is 7.87. The molecule has 0 spiro atoms. The molecule has 1 saturated carbocycles. The number of aryl methyl sites for hydroxylation is 1. The summed E-state index contributed by atoms with van der Waals surface area (Å²) in [5.74, 6) is 0.985. The Labute approximate surface area is 141 Å². The summed E-state index contributed by atoms with van der Waals surface area (Å²) in [5.41, 5.74) is -0.744. The molecule has 1 heterocycles. The summed E-state index contributed by atoms with van der Waals surface area (Å²) >= 11 is 0. The Morgan fingerprint density at radius 3 is 2.67 bits per heavy atom. The monoisotopic (exact) mass is 351 g/mol. The Bertz CT molecular complexity index is 812. The van der Waals surface area contributed by atoms with Gasteiger partial charge < -0.3 is 14.3 Å². The summed E-state index contributed by atoms with van der Waals surface area (Å²) < 4.78 is 38.2. The van der Waals surface area contributed by atoms with Crippen molar-refractivity contribution in [2.45, 2.75) is 30.3 Å². The minimum absolute atomic E-state index is 0.00307. The SMILES string of the molecule is COc1ccc(S(=O)(=O)NCC(O)(c2ccco2)C2CC2)c(C)c1. The number of hydrogen-bond acceptors (Lipinski definition) is 5. The third-order valence-electron chi connectivity index (χ3n) is 4.40. The zero-order valence-electron chi connectivity index (χ0n) is 13.7. The van der Waals surface area contributed by atoms with Gasteiger partial charge in [-0.05, 0) is 61.6 Å². The predicted molar refractivity (Wildman–Crippen MR) is 88.2 cm³/mol. The molecular weight excluding hydrogens is 330 g/mol. The molecule has 0 saturated heterocycles. The number of sulfonamides is 1. The molecular formula is C17H21NO5S. The average Bonchev–Trinajstić information content (AvgIpc) is 3.27. The molecule has 6 nitrogen and oxygen atoms in total. The smallest absolute Gasteiger partial charge is 0.240 e. The summed E-state index contributed by atoms with van der Waals surface area (Å²) in [6.07, 6.45) is 3.17. The lowest BCUT2D eigenvalue weighted by Crippen LogP contribution is -2.42. The minimum Gasteiger partial charge on any atom is -0.497 e. The number of aliphatic hydroxyl groups is 1. The fourth-order valence-corrected chi connectivity index (χ4v) is 4.15. The molecule has 0 bridgehead atoms. The molecule has 1 unspecified atom stereocenters. The van der Waals surface area contributed by atoms with Crippen LogP contribution in [0.1, 0.15) is 24.2 Å². The van der Waals surface area contributed by atoms with Crippen LogP contribution in [-0.4, -0.2) is 27.2 Å². The van der Waals surface area contributed by atoms with Gasteiger partial charge in [-0.15, -0.1) is 0 Å². The van der Waals surface area contributed by atoms with Gasteiger partial charge in [-0.25, -0.2) is 13.1 Å². The van der Waals surface area contributed by atoms with Crippen LogP contribution in [0.15, 0.2) is 45.9 Å². The van der Waals surface area contributed by atoms with E-state index in [9.17, 15) is 13.5 Å². The van der Waals surface area contributed by atoms with Gasteiger partial charge in [0.05, 0.1) is 18.3 Å². The standard InChI is InChI=1S/C17H21NO5S/c1-12-10-14(22-2)7-8-15(12)24(20,21)18-11-17(19,13-5-6-13)16-4-3-9-23-16/h3-4,7-10,13,18-19H,5-6,11H2,1-2H3. The molecule has 0 amide bonds. The van der Waals surface area contributed by atoms with Gasteiger partial charge in [0.25, 0.3) is 0 Å². The van der Waals surface area contributed by atoms with E-state index in [1.807, 2.05) is 0 Å². The van der Waals surface area contributed by atoms with Crippen LogP contribution in [0.3, 0.4) is 0 Å². The maximum Gasteiger partial charge on any atom is 0.240 e. The molecule has 130 valence electrons. The second kappa shape index (κ2) is 6.23. The Morgan fingerprint density at radius 1 is 1.38 bits per heavy atom. The van der Waals surface area contributed by atoms with Crippen LogP contribution in [0.25, 0.3) is 0 Å². The highest BCUT2D eigenvalue weighted by Crippen LogP contribution is 2.45. The van der Waals surface area contributed by atoms with E-state index in [2.05, 4.69) is 4.72 Å². The average molecular weight is 351 g/mol. The zero-order valence-corrected chi connectivity index (χ0v) is 14.5. The number of nitrogens with one attached hydrogen (secondary N) is 1. The van der Waals surface area contributed by atoms with Crippen molar-refractivity contribution in [1.82, 2.24) is 4.72 Å². The molecule has 1 aromatic carbocycles. The van der Waals surface area contributed by atoms with E-state index in [0.29, 0.717) is 17.1 Å². The lowest BCUT2D eigenvalue weighted by molar-refractivity contribution is -0.00224. The van der Waals surface area contributed by atoms with Gasteiger partial charge >= 0.3 is 0 Å². The topological polar surface area (TPSA) is 88.8 Å². The van der Waals surface area contributed by atoms with Crippen LogP contribution in [0.4, 0.5) is 0 Å². The molecule has 0 aliphatic heterocycles. The van der Waals surface area contributed by atoms with Crippen molar-refractivity contribution in [1.29, 1.82) is 0 Å². The first kappa shape index (κ1) is 17.0. The molecule has 1 aromatic heterocycles. The Kier molecular flexibility index (Phi) is 4.42. The number of furan rings is 1. The molecule has 24 heavy (non-hydrogen) atoms. The van der Waals surface area contributed by atoms with Gasteiger partial charge in [-0.2, -0.15) is 0 Å². The number of hydrogen-bond donors (Lipinski definition) is 2. The summed E-state index contributed by atoms with van der Waals surface area (Å²) in [6, 6.07) is 8.12. The maximum absolute atomic E-state index is 12.6. The third-order valence-corrected chi connectivity index (χ3v) is 5.97. The number of rotatable bonds is 7. The van der Waals surface area contributed by atoms with Crippen molar-refractivity contribution in [3.05, 3.63) is 47.9 Å². The number of ether oxygens (including phenoxy) is 1.